The van der Waals surface area contributed by atoms with E-state index in [1.807, 2.05) is 40.7 Å². The van der Waals surface area contributed by atoms with E-state index in [1.165, 1.54) is 5.01 Å². The van der Waals surface area contributed by atoms with Gasteiger partial charge in [-0.05, 0) is 65.0 Å². The molecule has 0 fully saturated rings. The van der Waals surface area contributed by atoms with Gasteiger partial charge in [-0.15, -0.1) is 0 Å². The van der Waals surface area contributed by atoms with Crippen molar-refractivity contribution in [3.63, 3.8) is 0 Å². The molecule has 26 heavy (non-hydrogen) atoms. The number of hydrogen-bond acceptors (Lipinski definition) is 3. The average Bonchev–Trinajstić information content (AvgIpc) is 2.58. The molecule has 0 atom stereocenters. The van der Waals surface area contributed by atoms with Crippen molar-refractivity contribution in [3.05, 3.63) is 65.7 Å². The summed E-state index contributed by atoms with van der Waals surface area (Å²) in [5.74, 6) is -0.00598. The SMILES string of the molecule is CC(C)Oc1cccc(C(=O)N(NC(=O)c2ccccc2)C(C)(C)C)c1. The lowest BCUT2D eigenvalue weighted by Crippen LogP contribution is -2.55. The van der Waals surface area contributed by atoms with Crippen LogP contribution in [0.15, 0.2) is 54.6 Å². The maximum absolute atomic E-state index is 13.1. The molecule has 5 nitrogen and oxygen atoms in total. The lowest BCUT2D eigenvalue weighted by molar-refractivity contribution is 0.0358. The summed E-state index contributed by atoms with van der Waals surface area (Å²) in [6, 6.07) is 15.8. The molecule has 0 unspecified atom stereocenters. The predicted octanol–water partition coefficient (Wildman–Crippen LogP) is 4.06. The summed E-state index contributed by atoms with van der Waals surface area (Å²) >= 11 is 0. The topological polar surface area (TPSA) is 58.6 Å². The van der Waals surface area contributed by atoms with Gasteiger partial charge >= 0.3 is 0 Å². The summed E-state index contributed by atoms with van der Waals surface area (Å²) in [5, 5.41) is 1.36. The molecule has 2 aromatic carbocycles. The maximum Gasteiger partial charge on any atom is 0.272 e. The Morgan fingerprint density at radius 2 is 1.58 bits per heavy atom. The fourth-order valence-electron chi connectivity index (χ4n) is 2.38. The summed E-state index contributed by atoms with van der Waals surface area (Å²) < 4.78 is 5.66. The first kappa shape index (κ1) is 19.5. The molecule has 0 aromatic heterocycles. The van der Waals surface area contributed by atoms with Gasteiger partial charge in [-0.25, -0.2) is 5.01 Å². The van der Waals surface area contributed by atoms with Crippen molar-refractivity contribution in [1.82, 2.24) is 10.4 Å². The molecule has 0 saturated heterocycles. The highest BCUT2D eigenvalue weighted by Crippen LogP contribution is 2.20. The Bertz CT molecular complexity index is 764. The van der Waals surface area contributed by atoms with E-state index in [-0.39, 0.29) is 17.9 Å². The molecular weight excluding hydrogens is 328 g/mol. The molecule has 2 aromatic rings. The fourth-order valence-corrected chi connectivity index (χ4v) is 2.38. The number of ether oxygens (including phenoxy) is 1. The third-order valence-electron chi connectivity index (χ3n) is 3.58. The highest BCUT2D eigenvalue weighted by molar-refractivity contribution is 5.99. The van der Waals surface area contributed by atoms with Crippen molar-refractivity contribution in [1.29, 1.82) is 0 Å². The first-order valence-electron chi connectivity index (χ1n) is 8.66. The maximum atomic E-state index is 13.1. The molecule has 2 rings (SSSR count). The van der Waals surface area contributed by atoms with Gasteiger partial charge in [0.1, 0.15) is 5.75 Å². The molecule has 138 valence electrons. The van der Waals surface area contributed by atoms with Gasteiger partial charge in [-0.3, -0.25) is 15.0 Å². The van der Waals surface area contributed by atoms with Gasteiger partial charge in [0.05, 0.1) is 11.6 Å². The van der Waals surface area contributed by atoms with Gasteiger partial charge in [0.2, 0.25) is 0 Å². The number of hydrogen-bond donors (Lipinski definition) is 1. The third kappa shape index (κ3) is 5.09. The summed E-state index contributed by atoms with van der Waals surface area (Å²) in [5.41, 5.74) is 3.08. The van der Waals surface area contributed by atoms with Gasteiger partial charge in [0.25, 0.3) is 11.8 Å². The molecule has 2 amide bonds. The van der Waals surface area contributed by atoms with Crippen molar-refractivity contribution in [2.75, 3.05) is 0 Å². The van der Waals surface area contributed by atoms with Crippen LogP contribution < -0.4 is 10.2 Å². The fraction of sp³-hybridized carbons (Fsp3) is 0.333. The summed E-state index contributed by atoms with van der Waals surface area (Å²) in [6.07, 6.45) is 0.0110. The number of carbonyl (C=O) groups is 2. The predicted molar refractivity (Wildman–Crippen MR) is 102 cm³/mol. The van der Waals surface area contributed by atoms with Crippen LogP contribution in [0.4, 0.5) is 0 Å². The molecule has 1 N–H and O–H groups in total. The largest absolute Gasteiger partial charge is 0.491 e. The van der Waals surface area contributed by atoms with Crippen molar-refractivity contribution in [2.24, 2.45) is 0 Å². The van der Waals surface area contributed by atoms with Crippen LogP contribution in [-0.2, 0) is 0 Å². The lowest BCUT2D eigenvalue weighted by Gasteiger charge is -2.35. The Hall–Kier alpha value is -2.82. The van der Waals surface area contributed by atoms with Crippen LogP contribution in [0.3, 0.4) is 0 Å². The van der Waals surface area contributed by atoms with Crippen LogP contribution in [0.1, 0.15) is 55.3 Å². The molecule has 0 bridgehead atoms. The van der Waals surface area contributed by atoms with Gasteiger partial charge in [0.15, 0.2) is 0 Å². The molecule has 0 saturated carbocycles. The van der Waals surface area contributed by atoms with Crippen molar-refractivity contribution < 1.29 is 14.3 Å². The van der Waals surface area contributed by atoms with Gasteiger partial charge in [-0.1, -0.05) is 24.3 Å². The van der Waals surface area contributed by atoms with Crippen LogP contribution in [0, 0.1) is 0 Å². The molecule has 0 heterocycles. The zero-order chi connectivity index (χ0) is 19.3. The average molecular weight is 354 g/mol. The van der Waals surface area contributed by atoms with Gasteiger partial charge < -0.3 is 4.74 Å². The number of nitrogens with one attached hydrogen (secondary N) is 1. The second-order valence-electron chi connectivity index (χ2n) is 7.31. The lowest BCUT2D eigenvalue weighted by atomic mass is 10.1. The minimum atomic E-state index is -0.601. The van der Waals surface area contributed by atoms with E-state index in [1.54, 1.807) is 48.5 Å². The Morgan fingerprint density at radius 3 is 2.15 bits per heavy atom. The Morgan fingerprint density at radius 1 is 0.962 bits per heavy atom. The summed E-state index contributed by atoms with van der Waals surface area (Å²) in [7, 11) is 0. The van der Waals surface area contributed by atoms with Crippen LogP contribution in [-0.4, -0.2) is 28.5 Å². The van der Waals surface area contributed by atoms with E-state index in [0.717, 1.165) is 0 Å². The molecular formula is C21H26N2O3. The monoisotopic (exact) mass is 354 g/mol. The minimum absolute atomic E-state index is 0.0110. The van der Waals surface area contributed by atoms with Crippen LogP contribution in [0.2, 0.25) is 0 Å². The molecule has 0 aliphatic heterocycles. The number of carbonyl (C=O) groups excluding carboxylic acids is 2. The minimum Gasteiger partial charge on any atom is -0.491 e. The Kier molecular flexibility index (Phi) is 6.03. The first-order valence-corrected chi connectivity index (χ1v) is 8.66. The van der Waals surface area contributed by atoms with Crippen LogP contribution in [0.25, 0.3) is 0 Å². The third-order valence-corrected chi connectivity index (χ3v) is 3.58. The van der Waals surface area contributed by atoms with E-state index < -0.39 is 5.54 Å². The van der Waals surface area contributed by atoms with E-state index in [0.29, 0.717) is 16.9 Å². The van der Waals surface area contributed by atoms with Crippen molar-refractivity contribution in [3.8, 4) is 5.75 Å². The van der Waals surface area contributed by atoms with Crippen molar-refractivity contribution >= 4 is 11.8 Å². The number of hydrazine groups is 1. The standard InChI is InChI=1S/C21H26N2O3/c1-15(2)26-18-13-9-12-17(14-18)20(25)23(21(3,4)5)22-19(24)16-10-7-6-8-11-16/h6-15H,1-5H3,(H,22,24). The molecule has 5 heteroatoms. The Balaban J connectivity index is 2.27. The first-order chi connectivity index (χ1) is 12.2. The second kappa shape index (κ2) is 8.04. The molecule has 0 aliphatic carbocycles. The number of amides is 2. The highest BCUT2D eigenvalue weighted by Gasteiger charge is 2.29. The number of rotatable bonds is 4. The van der Waals surface area contributed by atoms with Crippen LogP contribution >= 0.6 is 0 Å². The molecule has 0 radical (unpaired) electrons. The quantitative estimate of drug-likeness (QED) is 0.843. The summed E-state index contributed by atoms with van der Waals surface area (Å²) in [4.78, 5) is 25.6. The van der Waals surface area contributed by atoms with Crippen molar-refractivity contribution in [2.45, 2.75) is 46.3 Å². The Labute approximate surface area is 154 Å². The van der Waals surface area contributed by atoms with Gasteiger partial charge in [-0.2, -0.15) is 0 Å². The normalized spacial score (nSPS) is 11.2. The van der Waals surface area contributed by atoms with E-state index in [9.17, 15) is 9.59 Å². The zero-order valence-electron chi connectivity index (χ0n) is 15.9. The zero-order valence-corrected chi connectivity index (χ0v) is 15.9. The number of benzene rings is 2. The molecule has 0 spiro atoms. The van der Waals surface area contributed by atoms with E-state index >= 15 is 0 Å². The highest BCUT2D eigenvalue weighted by atomic mass is 16.5. The van der Waals surface area contributed by atoms with E-state index in [2.05, 4.69) is 5.43 Å². The smallest absolute Gasteiger partial charge is 0.272 e. The summed E-state index contributed by atoms with van der Waals surface area (Å²) in [6.45, 7) is 9.45. The van der Waals surface area contributed by atoms with Gasteiger partial charge in [0, 0.05) is 11.1 Å². The van der Waals surface area contributed by atoms with E-state index in [4.69, 9.17) is 4.74 Å². The second-order valence-corrected chi connectivity index (χ2v) is 7.31. The number of nitrogens with zero attached hydrogens (tertiary/aromatic N) is 1. The van der Waals surface area contributed by atoms with Crippen LogP contribution in [0.5, 0.6) is 5.75 Å². The molecule has 0 aliphatic rings.